The van der Waals surface area contributed by atoms with Crippen molar-refractivity contribution < 1.29 is 85.2 Å². The Morgan fingerprint density at radius 1 is 0.986 bits per heavy atom. The van der Waals surface area contributed by atoms with E-state index < -0.39 is 111 Å². The summed E-state index contributed by atoms with van der Waals surface area (Å²) in [6.07, 6.45) is -3.77. The number of aliphatic carboxylic acids is 1. The maximum atomic E-state index is 14.7. The van der Waals surface area contributed by atoms with Crippen molar-refractivity contribution in [2.45, 2.75) is 152 Å². The van der Waals surface area contributed by atoms with Crippen LogP contribution in [-0.4, -0.2) is 157 Å². The zero-order valence-electron chi connectivity index (χ0n) is 41.1. The van der Waals surface area contributed by atoms with Crippen LogP contribution in [0.25, 0.3) is 0 Å². The number of aliphatic hydroxyl groups excluding tert-OH is 1. The lowest BCUT2D eigenvalue weighted by atomic mass is 9.80. The molecule has 1 saturated carbocycles. The van der Waals surface area contributed by atoms with Gasteiger partial charge in [-0.15, -0.1) is 0 Å². The summed E-state index contributed by atoms with van der Waals surface area (Å²) in [4.78, 5) is 100. The number of Topliss-reactive ketones (excluding diaryl/α,β-unsaturated/α-hetero) is 1. The Morgan fingerprint density at radius 3 is 2.20 bits per heavy atom. The zero-order valence-corrected chi connectivity index (χ0v) is 43.6. The van der Waals surface area contributed by atoms with Gasteiger partial charge in [0.2, 0.25) is 24.8 Å². The van der Waals surface area contributed by atoms with E-state index >= 15 is 0 Å². The number of phosphoric ester groups is 1. The number of hydrogen-bond donors (Lipinski definition) is 7. The first kappa shape index (κ1) is 61.5. The first-order valence-corrected chi connectivity index (χ1v) is 26.5. The number of esters is 2. The summed E-state index contributed by atoms with van der Waals surface area (Å²) in [5, 5.41) is 28.6. The second-order valence-electron chi connectivity index (χ2n) is 18.8. The number of carboxylic acid groups (broad SMARTS) is 1. The monoisotopic (exact) mass is 1070 g/mol. The van der Waals surface area contributed by atoms with Gasteiger partial charge >= 0.3 is 37.3 Å². The fraction of sp³-hybridized carbons (Fsp3) is 0.767. The van der Waals surface area contributed by atoms with Gasteiger partial charge in [0.05, 0.1) is 24.7 Å². The third kappa shape index (κ3) is 20.2. The molecular formula is C43H69F2N6O17PS2. The molecule has 2 heterocycles. The summed E-state index contributed by atoms with van der Waals surface area (Å²) >= 11 is 2.99. The van der Waals surface area contributed by atoms with Crippen LogP contribution in [0.15, 0.2) is 17.1 Å². The summed E-state index contributed by atoms with van der Waals surface area (Å²) < 4.78 is 71.6. The maximum Gasteiger partial charge on any atom is 0.475 e. The number of hydrogen-bond acceptors (Lipinski definition) is 20. The number of ketones is 1. The summed E-state index contributed by atoms with van der Waals surface area (Å²) in [7, 11) is -5.11. The number of carboxylic acids is 1. The second-order valence-corrected chi connectivity index (χ2v) is 22.8. The molecule has 1 aromatic rings. The average Bonchev–Trinajstić information content (AvgIpc) is 3.48. The fourth-order valence-electron chi connectivity index (χ4n) is 7.01. The van der Waals surface area contributed by atoms with Gasteiger partial charge in [-0.2, -0.15) is 37.3 Å². The topological polar surface area (TPSA) is 333 Å². The van der Waals surface area contributed by atoms with Gasteiger partial charge in [-0.25, -0.2) is 23.5 Å². The molecule has 0 radical (unpaired) electrons. The van der Waals surface area contributed by atoms with Gasteiger partial charge in [0, 0.05) is 65.1 Å². The molecule has 3 rings (SSSR count). The summed E-state index contributed by atoms with van der Waals surface area (Å²) in [6, 6.07) is -0.825. The van der Waals surface area contributed by atoms with Crippen LogP contribution < -0.4 is 27.4 Å². The molecule has 1 aliphatic heterocycles. The van der Waals surface area contributed by atoms with Gasteiger partial charge in [-0.1, -0.05) is 41.5 Å². The van der Waals surface area contributed by atoms with Crippen molar-refractivity contribution in [2.75, 3.05) is 50.4 Å². The summed E-state index contributed by atoms with van der Waals surface area (Å²) in [6.45, 7) is 11.8. The quantitative estimate of drug-likeness (QED) is 0.0310. The van der Waals surface area contributed by atoms with Crippen molar-refractivity contribution in [1.29, 1.82) is 0 Å². The molecule has 8 atom stereocenters. The lowest BCUT2D eigenvalue weighted by molar-refractivity contribution is -0.163. The number of nitrogen functional groups attached to an aromatic ring is 1. The first-order valence-electron chi connectivity index (χ1n) is 22.9. The van der Waals surface area contributed by atoms with Crippen molar-refractivity contribution >= 4 is 72.7 Å². The molecule has 2 amide bonds. The largest absolute Gasteiger partial charge is 0.480 e. The molecule has 1 aromatic heterocycles. The van der Waals surface area contributed by atoms with Gasteiger partial charge in [0.1, 0.15) is 23.7 Å². The van der Waals surface area contributed by atoms with Gasteiger partial charge in [-0.05, 0) is 45.6 Å². The molecular weight excluding hydrogens is 1010 g/mol. The normalized spacial score (nSPS) is 21.7. The molecule has 8 N–H and O–H groups in total. The molecule has 1 saturated heterocycles. The molecule has 8 unspecified atom stereocenters. The predicted molar refractivity (Wildman–Crippen MR) is 255 cm³/mol. The van der Waals surface area contributed by atoms with Crippen molar-refractivity contribution in [3.05, 3.63) is 22.7 Å². The number of rotatable bonds is 32. The third-order valence-electron chi connectivity index (χ3n) is 11.3. The zero-order chi connectivity index (χ0) is 53.5. The number of nitrogens with zero attached hydrogens (tertiary/aromatic N) is 2. The number of amides is 2. The van der Waals surface area contributed by atoms with Crippen LogP contribution in [-0.2, 0) is 61.3 Å². The van der Waals surface area contributed by atoms with Crippen molar-refractivity contribution in [3.63, 3.8) is 0 Å². The number of anilines is 1. The minimum Gasteiger partial charge on any atom is -0.480 e. The molecule has 2 fully saturated rings. The Labute approximate surface area is 419 Å². The van der Waals surface area contributed by atoms with E-state index in [0.717, 1.165) is 25.1 Å². The Balaban J connectivity index is 1.33. The highest BCUT2D eigenvalue weighted by Crippen LogP contribution is 2.47. The van der Waals surface area contributed by atoms with E-state index in [0.29, 0.717) is 29.8 Å². The van der Waals surface area contributed by atoms with Crippen LogP contribution in [0.4, 0.5) is 14.6 Å². The number of aliphatic hydroxyl groups is 1. The maximum absolute atomic E-state index is 14.7. The van der Waals surface area contributed by atoms with Crippen LogP contribution in [0.5, 0.6) is 0 Å². The number of nitrogens with one attached hydrogen (secondary N) is 3. The number of thioether (sulfide) groups is 2. The van der Waals surface area contributed by atoms with Gasteiger partial charge in [-0.3, -0.25) is 28.3 Å². The van der Waals surface area contributed by atoms with E-state index in [1.54, 1.807) is 11.8 Å². The minimum atomic E-state index is -5.11. The number of ether oxygens (including phenoxy) is 4. The number of carbonyl (C=O) groups excluding carboxylic acids is 5. The second kappa shape index (κ2) is 27.5. The van der Waals surface area contributed by atoms with Gasteiger partial charge in [0.25, 0.3) is 0 Å². The van der Waals surface area contributed by atoms with E-state index in [2.05, 4.69) is 34.7 Å². The predicted octanol–water partition coefficient (Wildman–Crippen LogP) is 2.55. The van der Waals surface area contributed by atoms with Crippen LogP contribution >= 0.6 is 31.3 Å². The smallest absolute Gasteiger partial charge is 0.475 e. The molecule has 23 nitrogen and oxygen atoms in total. The van der Waals surface area contributed by atoms with Gasteiger partial charge in [0.15, 0.2) is 12.7 Å². The Bertz CT molecular complexity index is 2100. The third-order valence-corrected chi connectivity index (χ3v) is 15.4. The highest BCUT2D eigenvalue weighted by Gasteiger charge is 2.60. The number of halogens is 2. The molecule has 404 valence electrons. The van der Waals surface area contributed by atoms with E-state index in [1.807, 2.05) is 55.4 Å². The van der Waals surface area contributed by atoms with Crippen molar-refractivity contribution in [3.8, 4) is 0 Å². The number of phosphoric acid groups is 1. The molecule has 1 aliphatic carbocycles. The minimum absolute atomic E-state index is 0.0527. The SMILES string of the molecule is CC(C)NC(CSC1CCC1SCC(NC(=O)CCC(C)(C)OCCC(C)(C)C(=O)C(C)C)C(=O)O)C(=O)NCCC(=O)OCC(=O)OCOP(=O)(O)OCC1OC(n2ccc(N)nc2=O)C(F)(F)C1O. The van der Waals surface area contributed by atoms with E-state index in [1.165, 1.54) is 11.8 Å². The van der Waals surface area contributed by atoms with Gasteiger partial charge < -0.3 is 55.7 Å². The number of aromatic nitrogens is 2. The van der Waals surface area contributed by atoms with Crippen LogP contribution in [0.1, 0.15) is 100 Å². The molecule has 2 aliphatic rings. The fourth-order valence-corrected chi connectivity index (χ4v) is 10.7. The van der Waals surface area contributed by atoms with Crippen LogP contribution in [0, 0.1) is 11.3 Å². The van der Waals surface area contributed by atoms with E-state index in [4.69, 9.17) is 19.9 Å². The van der Waals surface area contributed by atoms with Crippen molar-refractivity contribution in [2.24, 2.45) is 11.3 Å². The van der Waals surface area contributed by atoms with Crippen LogP contribution in [0.3, 0.4) is 0 Å². The highest BCUT2D eigenvalue weighted by atomic mass is 32.2. The highest BCUT2D eigenvalue weighted by molar-refractivity contribution is 8.04. The Hall–Kier alpha value is -3.79. The summed E-state index contributed by atoms with van der Waals surface area (Å²) in [5.74, 6) is -7.86. The lowest BCUT2D eigenvalue weighted by Gasteiger charge is -2.37. The lowest BCUT2D eigenvalue weighted by Crippen LogP contribution is -2.49. The van der Waals surface area contributed by atoms with E-state index in [-0.39, 0.29) is 59.2 Å². The molecule has 0 bridgehead atoms. The Kier molecular flexibility index (Phi) is 23.8. The molecule has 0 aromatic carbocycles. The number of nitrogens with two attached hydrogens (primary N) is 1. The van der Waals surface area contributed by atoms with Crippen molar-refractivity contribution in [1.82, 2.24) is 25.5 Å². The summed E-state index contributed by atoms with van der Waals surface area (Å²) in [5.41, 5.74) is 2.94. The Morgan fingerprint density at radius 2 is 1.62 bits per heavy atom. The average molecular weight is 1080 g/mol. The number of alkyl halides is 2. The molecule has 0 spiro atoms. The first-order chi connectivity index (χ1) is 32.9. The molecule has 28 heteroatoms. The van der Waals surface area contributed by atoms with E-state index in [9.17, 15) is 62.0 Å². The number of carbonyl (C=O) groups is 6. The standard InChI is InChI=1S/C43H69F2N6O17PS2/c1-24(2)35(55)41(5,6)15-18-65-42(7,8)14-11-32(52)49-27(38(58)59)22-71-30-10-9-29(30)70-21-26(48-25(3)4)37(57)47-16-12-33(53)63-20-34(54)64-23-67-69(61,62)66-19-28-36(56)43(44,45)39(68-28)51-17-13-31(46)50-40(51)60/h13,17,24-30,36,39,48,56H,9-12,14-16,18-23H2,1-8H3,(H,47,57)(H,49,52)(H,58,59)(H,61,62)(H2,46,50,60). The van der Waals surface area contributed by atoms with Crippen LogP contribution in [0.2, 0.25) is 0 Å². The molecule has 71 heavy (non-hydrogen) atoms.